The van der Waals surface area contributed by atoms with Crippen molar-refractivity contribution < 1.29 is 8.42 Å². The first-order valence-electron chi connectivity index (χ1n) is 5.30. The summed E-state index contributed by atoms with van der Waals surface area (Å²) in [5.74, 6) is 0.289. The Balaban J connectivity index is 3.78. The van der Waals surface area contributed by atoms with Crippen molar-refractivity contribution in [2.24, 2.45) is 0 Å². The van der Waals surface area contributed by atoms with Gasteiger partial charge in [0, 0.05) is 19.9 Å². The standard InChI is InChI=1S/C9H22BrNO2SSi/c1-15(2,3)9-8-14(12,13)11-7-5-4-6-10/h11H,4-9H2,1-3H3. The van der Waals surface area contributed by atoms with Crippen LogP contribution in [0.25, 0.3) is 0 Å². The van der Waals surface area contributed by atoms with E-state index in [9.17, 15) is 8.42 Å². The fourth-order valence-electron chi connectivity index (χ4n) is 0.960. The maximum atomic E-state index is 11.5. The predicted octanol–water partition coefficient (Wildman–Crippen LogP) is 2.42. The molecule has 0 unspecified atom stereocenters. The highest BCUT2D eigenvalue weighted by Crippen LogP contribution is 2.09. The van der Waals surface area contributed by atoms with Crippen molar-refractivity contribution in [3.8, 4) is 0 Å². The van der Waals surface area contributed by atoms with Crippen molar-refractivity contribution in [1.29, 1.82) is 0 Å². The number of alkyl halides is 1. The molecule has 0 aliphatic carbocycles. The highest BCUT2D eigenvalue weighted by molar-refractivity contribution is 9.09. The van der Waals surface area contributed by atoms with Gasteiger partial charge in [0.15, 0.2) is 0 Å². The van der Waals surface area contributed by atoms with Crippen LogP contribution in [0.15, 0.2) is 0 Å². The maximum absolute atomic E-state index is 11.5. The Morgan fingerprint density at radius 2 is 1.80 bits per heavy atom. The van der Waals surface area contributed by atoms with E-state index in [0.29, 0.717) is 6.54 Å². The molecule has 0 amide bonds. The molecule has 1 N–H and O–H groups in total. The fraction of sp³-hybridized carbons (Fsp3) is 1.00. The average Bonchev–Trinajstić information content (AvgIpc) is 2.09. The van der Waals surface area contributed by atoms with E-state index in [2.05, 4.69) is 40.3 Å². The van der Waals surface area contributed by atoms with Crippen LogP contribution in [-0.2, 0) is 10.0 Å². The molecule has 0 bridgehead atoms. The van der Waals surface area contributed by atoms with E-state index in [1.807, 2.05) is 0 Å². The zero-order valence-electron chi connectivity index (χ0n) is 9.85. The number of unbranched alkanes of at least 4 members (excludes halogenated alkanes) is 1. The Morgan fingerprint density at radius 3 is 2.27 bits per heavy atom. The fourth-order valence-corrected chi connectivity index (χ4v) is 5.48. The van der Waals surface area contributed by atoms with E-state index in [4.69, 9.17) is 0 Å². The average molecular weight is 316 g/mol. The lowest BCUT2D eigenvalue weighted by Crippen LogP contribution is -2.31. The van der Waals surface area contributed by atoms with Gasteiger partial charge in [0.1, 0.15) is 0 Å². The van der Waals surface area contributed by atoms with Crippen LogP contribution >= 0.6 is 15.9 Å². The summed E-state index contributed by atoms with van der Waals surface area (Å²) in [6.07, 6.45) is 1.91. The molecule has 0 rings (SSSR count). The van der Waals surface area contributed by atoms with Crippen LogP contribution in [0.5, 0.6) is 0 Å². The molecular weight excluding hydrogens is 294 g/mol. The third-order valence-electron chi connectivity index (χ3n) is 2.00. The lowest BCUT2D eigenvalue weighted by atomic mass is 10.3. The number of sulfonamides is 1. The minimum atomic E-state index is -3.03. The van der Waals surface area contributed by atoms with Crippen LogP contribution in [0.1, 0.15) is 12.8 Å². The molecule has 0 aromatic heterocycles. The topological polar surface area (TPSA) is 46.2 Å². The Bertz CT molecular complexity index is 262. The van der Waals surface area contributed by atoms with Gasteiger partial charge < -0.3 is 0 Å². The monoisotopic (exact) mass is 315 g/mol. The lowest BCUT2D eigenvalue weighted by Gasteiger charge is -2.15. The van der Waals surface area contributed by atoms with Crippen molar-refractivity contribution in [1.82, 2.24) is 4.72 Å². The van der Waals surface area contributed by atoms with Crippen LogP contribution in [0.3, 0.4) is 0 Å². The van der Waals surface area contributed by atoms with Crippen molar-refractivity contribution in [3.63, 3.8) is 0 Å². The molecule has 0 saturated heterocycles. The lowest BCUT2D eigenvalue weighted by molar-refractivity contribution is 0.579. The summed E-state index contributed by atoms with van der Waals surface area (Å²) in [5.41, 5.74) is 0. The van der Waals surface area contributed by atoms with Gasteiger partial charge in [-0.1, -0.05) is 35.6 Å². The van der Waals surface area contributed by atoms with Gasteiger partial charge in [0.25, 0.3) is 0 Å². The zero-order chi connectivity index (χ0) is 11.9. The first-order valence-corrected chi connectivity index (χ1v) is 11.8. The van der Waals surface area contributed by atoms with Gasteiger partial charge in [-0.05, 0) is 18.9 Å². The summed E-state index contributed by atoms with van der Waals surface area (Å²) in [4.78, 5) is 0. The van der Waals surface area contributed by atoms with Crippen LogP contribution in [0, 0.1) is 0 Å². The first-order chi connectivity index (χ1) is 6.77. The zero-order valence-corrected chi connectivity index (χ0v) is 13.2. The molecule has 0 spiro atoms. The van der Waals surface area contributed by atoms with Crippen molar-refractivity contribution in [2.75, 3.05) is 17.6 Å². The quantitative estimate of drug-likeness (QED) is 0.425. The van der Waals surface area contributed by atoms with Crippen molar-refractivity contribution >= 4 is 34.0 Å². The predicted molar refractivity (Wildman–Crippen MR) is 73.0 cm³/mol. The summed E-state index contributed by atoms with van der Waals surface area (Å²) < 4.78 is 25.7. The molecule has 0 radical (unpaired) electrons. The second-order valence-corrected chi connectivity index (χ2v) is 13.3. The van der Waals surface area contributed by atoms with E-state index in [1.165, 1.54) is 0 Å². The van der Waals surface area contributed by atoms with E-state index in [0.717, 1.165) is 24.2 Å². The smallest absolute Gasteiger partial charge is 0.211 e. The Morgan fingerprint density at radius 1 is 1.20 bits per heavy atom. The molecule has 0 saturated carbocycles. The van der Waals surface area contributed by atoms with Gasteiger partial charge in [0.05, 0.1) is 5.75 Å². The van der Waals surface area contributed by atoms with Gasteiger partial charge in [-0.2, -0.15) is 0 Å². The van der Waals surface area contributed by atoms with Gasteiger partial charge in [0.2, 0.25) is 10.0 Å². The Kier molecular flexibility index (Phi) is 7.32. The molecule has 92 valence electrons. The van der Waals surface area contributed by atoms with Crippen LogP contribution in [0.4, 0.5) is 0 Å². The van der Waals surface area contributed by atoms with E-state index < -0.39 is 18.1 Å². The third-order valence-corrected chi connectivity index (χ3v) is 6.06. The molecule has 0 heterocycles. The molecule has 0 aromatic rings. The number of nitrogens with one attached hydrogen (secondary N) is 1. The van der Waals surface area contributed by atoms with Crippen molar-refractivity contribution in [3.05, 3.63) is 0 Å². The summed E-state index contributed by atoms with van der Waals surface area (Å²) >= 11 is 3.32. The highest BCUT2D eigenvalue weighted by atomic mass is 79.9. The number of hydrogen-bond acceptors (Lipinski definition) is 2. The summed E-state index contributed by atoms with van der Waals surface area (Å²) in [6, 6.07) is 0.834. The van der Waals surface area contributed by atoms with Gasteiger partial charge in [-0.15, -0.1) is 0 Å². The van der Waals surface area contributed by atoms with E-state index in [1.54, 1.807) is 0 Å². The van der Waals surface area contributed by atoms with Crippen LogP contribution in [-0.4, -0.2) is 34.1 Å². The largest absolute Gasteiger partial charge is 0.215 e. The van der Waals surface area contributed by atoms with Crippen molar-refractivity contribution in [2.45, 2.75) is 38.5 Å². The number of rotatable bonds is 8. The summed E-state index contributed by atoms with van der Waals surface area (Å²) in [6.45, 7) is 7.13. The molecular formula is C9H22BrNO2SSi. The van der Waals surface area contributed by atoms with Crippen LogP contribution in [0.2, 0.25) is 25.7 Å². The second-order valence-electron chi connectivity index (χ2n) is 4.92. The minimum absolute atomic E-state index is 0.289. The summed E-state index contributed by atoms with van der Waals surface area (Å²) in [5, 5.41) is 0.934. The molecule has 0 aliphatic heterocycles. The first kappa shape index (κ1) is 15.6. The van der Waals surface area contributed by atoms with E-state index >= 15 is 0 Å². The van der Waals surface area contributed by atoms with Gasteiger partial charge >= 0.3 is 0 Å². The molecule has 0 atom stereocenters. The second kappa shape index (κ2) is 7.03. The van der Waals surface area contributed by atoms with Gasteiger partial charge in [-0.25, -0.2) is 13.1 Å². The molecule has 0 aliphatic rings. The SMILES string of the molecule is C[Si](C)(C)CCS(=O)(=O)NCCCCBr. The maximum Gasteiger partial charge on any atom is 0.211 e. The highest BCUT2D eigenvalue weighted by Gasteiger charge is 2.18. The molecule has 15 heavy (non-hydrogen) atoms. The molecule has 0 aromatic carbocycles. The minimum Gasteiger partial charge on any atom is -0.215 e. The number of halogens is 1. The third kappa shape index (κ3) is 10.9. The number of hydrogen-bond donors (Lipinski definition) is 1. The molecule has 3 nitrogen and oxygen atoms in total. The van der Waals surface area contributed by atoms with E-state index in [-0.39, 0.29) is 5.75 Å². The van der Waals surface area contributed by atoms with Crippen LogP contribution < -0.4 is 4.72 Å². The molecule has 0 fully saturated rings. The van der Waals surface area contributed by atoms with Gasteiger partial charge in [-0.3, -0.25) is 0 Å². The normalized spacial score (nSPS) is 13.1. The Hall–Kier alpha value is 0.607. The molecule has 6 heteroatoms. The summed E-state index contributed by atoms with van der Waals surface area (Å²) in [7, 11) is -4.27. The Labute approximate surface area is 103 Å².